The number of anilines is 1. The van der Waals surface area contributed by atoms with Gasteiger partial charge >= 0.3 is 11.7 Å². The maximum Gasteiger partial charge on any atom is 0.339 e. The van der Waals surface area contributed by atoms with Gasteiger partial charge in [-0.2, -0.15) is 0 Å². The van der Waals surface area contributed by atoms with E-state index in [4.69, 9.17) is 10.5 Å². The Balaban J connectivity index is 2.27. The molecular formula is C13H11N3O4. The summed E-state index contributed by atoms with van der Waals surface area (Å²) in [5.41, 5.74) is 5.57. The SMILES string of the molecule is Cn1c(N)c([C@@H]2OC(=O)c3ccccc32)c(=O)[nH]c1=O. The highest BCUT2D eigenvalue weighted by Gasteiger charge is 2.35. The van der Waals surface area contributed by atoms with Crippen LogP contribution < -0.4 is 17.0 Å². The molecule has 7 nitrogen and oxygen atoms in total. The number of hydrogen-bond acceptors (Lipinski definition) is 5. The summed E-state index contributed by atoms with van der Waals surface area (Å²) in [5.74, 6) is -0.536. The van der Waals surface area contributed by atoms with E-state index in [9.17, 15) is 14.4 Å². The van der Waals surface area contributed by atoms with E-state index in [1.807, 2.05) is 0 Å². The van der Waals surface area contributed by atoms with E-state index < -0.39 is 23.3 Å². The number of hydrogen-bond donors (Lipinski definition) is 2. The minimum Gasteiger partial charge on any atom is -0.449 e. The molecule has 1 atom stereocenters. The van der Waals surface area contributed by atoms with Gasteiger partial charge in [0.15, 0.2) is 6.10 Å². The van der Waals surface area contributed by atoms with Crippen LogP contribution in [-0.2, 0) is 11.8 Å². The predicted molar refractivity (Wildman–Crippen MR) is 70.4 cm³/mol. The largest absolute Gasteiger partial charge is 0.449 e. The maximum atomic E-state index is 12.0. The summed E-state index contributed by atoms with van der Waals surface area (Å²) in [6, 6.07) is 6.75. The van der Waals surface area contributed by atoms with Gasteiger partial charge in [0.1, 0.15) is 11.4 Å². The molecule has 0 saturated heterocycles. The highest BCUT2D eigenvalue weighted by Crippen LogP contribution is 2.35. The number of rotatable bonds is 1. The quantitative estimate of drug-likeness (QED) is 0.706. The van der Waals surface area contributed by atoms with Crippen molar-refractivity contribution in [3.05, 3.63) is 61.8 Å². The Bertz CT molecular complexity index is 834. The zero-order chi connectivity index (χ0) is 14.4. The van der Waals surface area contributed by atoms with E-state index in [0.29, 0.717) is 11.1 Å². The van der Waals surface area contributed by atoms with Gasteiger partial charge in [-0.25, -0.2) is 9.59 Å². The van der Waals surface area contributed by atoms with Gasteiger partial charge in [0.2, 0.25) is 0 Å². The highest BCUT2D eigenvalue weighted by molar-refractivity contribution is 5.94. The standard InChI is InChI=1S/C13H11N3O4/c1-16-10(14)8(11(17)15-13(16)19)9-6-4-2-3-5-7(6)12(18)20-9/h2-5,9H,14H2,1H3,(H,15,17,19)/t9-/m1/s1. The summed E-state index contributed by atoms with van der Waals surface area (Å²) in [5, 5.41) is 0. The number of nitrogens with zero attached hydrogens (tertiary/aromatic N) is 1. The van der Waals surface area contributed by atoms with Gasteiger partial charge in [0, 0.05) is 12.6 Å². The van der Waals surface area contributed by atoms with E-state index in [-0.39, 0.29) is 11.4 Å². The lowest BCUT2D eigenvalue weighted by molar-refractivity contribution is 0.0454. The van der Waals surface area contributed by atoms with Gasteiger partial charge in [-0.05, 0) is 6.07 Å². The van der Waals surface area contributed by atoms with Gasteiger partial charge in [0.25, 0.3) is 5.56 Å². The number of esters is 1. The van der Waals surface area contributed by atoms with Crippen LogP contribution in [0.3, 0.4) is 0 Å². The molecule has 1 aliphatic rings. The molecule has 0 saturated carbocycles. The molecular weight excluding hydrogens is 262 g/mol. The lowest BCUT2D eigenvalue weighted by Crippen LogP contribution is -2.34. The first-order valence-corrected chi connectivity index (χ1v) is 5.89. The molecule has 0 aliphatic carbocycles. The molecule has 0 spiro atoms. The topological polar surface area (TPSA) is 107 Å². The molecule has 0 amide bonds. The summed E-state index contributed by atoms with van der Waals surface area (Å²) in [6.07, 6.45) is -0.894. The zero-order valence-corrected chi connectivity index (χ0v) is 10.5. The van der Waals surface area contributed by atoms with Gasteiger partial charge in [-0.1, -0.05) is 18.2 Å². The first-order chi connectivity index (χ1) is 9.50. The van der Waals surface area contributed by atoms with Crippen molar-refractivity contribution in [2.75, 3.05) is 5.73 Å². The van der Waals surface area contributed by atoms with Crippen molar-refractivity contribution in [3.8, 4) is 0 Å². The number of H-pyrrole nitrogens is 1. The zero-order valence-electron chi connectivity index (χ0n) is 10.5. The monoisotopic (exact) mass is 273 g/mol. The number of nitrogens with two attached hydrogens (primary N) is 1. The van der Waals surface area contributed by atoms with Gasteiger partial charge in [-0.3, -0.25) is 14.3 Å². The van der Waals surface area contributed by atoms with Crippen LogP contribution in [0.15, 0.2) is 33.9 Å². The summed E-state index contributed by atoms with van der Waals surface area (Å²) >= 11 is 0. The van der Waals surface area contributed by atoms with Crippen molar-refractivity contribution in [1.29, 1.82) is 0 Å². The lowest BCUT2D eigenvalue weighted by atomic mass is 10.0. The Hall–Kier alpha value is -2.83. The van der Waals surface area contributed by atoms with Crippen molar-refractivity contribution in [2.45, 2.75) is 6.10 Å². The Morgan fingerprint density at radius 1 is 1.25 bits per heavy atom. The Morgan fingerprint density at radius 2 is 1.95 bits per heavy atom. The second-order valence-electron chi connectivity index (χ2n) is 4.49. The van der Waals surface area contributed by atoms with Gasteiger partial charge < -0.3 is 10.5 Å². The number of carbonyl (C=O) groups is 1. The minimum atomic E-state index is -0.894. The third-order valence-corrected chi connectivity index (χ3v) is 3.36. The van der Waals surface area contributed by atoms with E-state index in [0.717, 1.165) is 4.57 Å². The summed E-state index contributed by atoms with van der Waals surface area (Å²) < 4.78 is 6.32. The molecule has 102 valence electrons. The number of nitrogen functional groups attached to an aromatic ring is 1. The molecule has 1 aliphatic heterocycles. The molecule has 20 heavy (non-hydrogen) atoms. The molecule has 1 aromatic carbocycles. The van der Waals surface area contributed by atoms with Gasteiger partial charge in [0.05, 0.1) is 5.56 Å². The number of aromatic amines is 1. The molecule has 0 unspecified atom stereocenters. The Morgan fingerprint density at radius 3 is 2.70 bits per heavy atom. The fourth-order valence-electron chi connectivity index (χ4n) is 2.27. The van der Waals surface area contributed by atoms with Crippen LogP contribution in [0.25, 0.3) is 0 Å². The smallest absolute Gasteiger partial charge is 0.339 e. The van der Waals surface area contributed by atoms with Gasteiger partial charge in [-0.15, -0.1) is 0 Å². The van der Waals surface area contributed by atoms with E-state index in [1.165, 1.54) is 7.05 Å². The molecule has 3 N–H and O–H groups in total. The normalized spacial score (nSPS) is 16.9. The Kier molecular flexibility index (Phi) is 2.50. The fourth-order valence-corrected chi connectivity index (χ4v) is 2.27. The lowest BCUT2D eigenvalue weighted by Gasteiger charge is -2.14. The van der Waals surface area contributed by atoms with Crippen molar-refractivity contribution >= 4 is 11.8 Å². The van der Waals surface area contributed by atoms with Crippen LogP contribution in [0.1, 0.15) is 27.6 Å². The molecule has 2 heterocycles. The van der Waals surface area contributed by atoms with E-state index in [2.05, 4.69) is 4.98 Å². The van der Waals surface area contributed by atoms with E-state index >= 15 is 0 Å². The second kappa shape index (κ2) is 4.09. The number of aromatic nitrogens is 2. The van der Waals surface area contributed by atoms with Crippen LogP contribution in [0.2, 0.25) is 0 Å². The first kappa shape index (κ1) is 12.2. The third-order valence-electron chi connectivity index (χ3n) is 3.36. The molecule has 0 fully saturated rings. The number of carbonyl (C=O) groups excluding carboxylic acids is 1. The van der Waals surface area contributed by atoms with Crippen LogP contribution >= 0.6 is 0 Å². The summed E-state index contributed by atoms with van der Waals surface area (Å²) in [6.45, 7) is 0. The number of fused-ring (bicyclic) bond motifs is 1. The van der Waals surface area contributed by atoms with Crippen molar-refractivity contribution in [1.82, 2.24) is 9.55 Å². The Labute approximate surface area is 112 Å². The molecule has 2 aromatic rings. The number of ether oxygens (including phenoxy) is 1. The van der Waals surface area contributed by atoms with Crippen LogP contribution in [0.5, 0.6) is 0 Å². The molecule has 7 heteroatoms. The van der Waals surface area contributed by atoms with Crippen molar-refractivity contribution in [2.24, 2.45) is 7.05 Å². The minimum absolute atomic E-state index is 0.0201. The van der Waals surface area contributed by atoms with Crippen molar-refractivity contribution in [3.63, 3.8) is 0 Å². The second-order valence-corrected chi connectivity index (χ2v) is 4.49. The molecule has 3 rings (SSSR count). The molecule has 0 radical (unpaired) electrons. The van der Waals surface area contributed by atoms with Crippen LogP contribution in [0, 0.1) is 0 Å². The third kappa shape index (κ3) is 1.56. The molecule has 0 bridgehead atoms. The summed E-state index contributed by atoms with van der Waals surface area (Å²) in [4.78, 5) is 37.4. The number of nitrogens with one attached hydrogen (secondary N) is 1. The molecule has 1 aromatic heterocycles. The average Bonchev–Trinajstić information content (AvgIpc) is 2.75. The first-order valence-electron chi connectivity index (χ1n) is 5.89. The van der Waals surface area contributed by atoms with E-state index in [1.54, 1.807) is 24.3 Å². The predicted octanol–water partition coefficient (Wildman–Crippen LogP) is -0.0844. The number of cyclic esters (lactones) is 1. The fraction of sp³-hybridized carbons (Fsp3) is 0.154. The van der Waals surface area contributed by atoms with Crippen molar-refractivity contribution < 1.29 is 9.53 Å². The average molecular weight is 273 g/mol. The number of benzene rings is 1. The maximum absolute atomic E-state index is 12.0. The summed E-state index contributed by atoms with van der Waals surface area (Å²) in [7, 11) is 1.43. The highest BCUT2D eigenvalue weighted by atomic mass is 16.5. The van der Waals surface area contributed by atoms with Crippen LogP contribution in [-0.4, -0.2) is 15.5 Å². The van der Waals surface area contributed by atoms with Crippen LogP contribution in [0.4, 0.5) is 5.82 Å².